The smallest absolute Gasteiger partial charge is 0.228 e. The van der Waals surface area contributed by atoms with Gasteiger partial charge in [-0.05, 0) is 37.6 Å². The van der Waals surface area contributed by atoms with E-state index < -0.39 is 5.72 Å². The Hall–Kier alpha value is -2.29. The molecule has 3 nitrogen and oxygen atoms in total. The van der Waals surface area contributed by atoms with Crippen molar-refractivity contribution in [3.05, 3.63) is 54.1 Å². The first-order valence-electron chi connectivity index (χ1n) is 7.23. The zero-order valence-electron chi connectivity index (χ0n) is 12.5. The van der Waals surface area contributed by atoms with E-state index in [0.29, 0.717) is 0 Å². The topological polar surface area (TPSA) is 24.8 Å². The molecule has 0 saturated heterocycles. The average Bonchev–Trinajstić information content (AvgIpc) is 2.67. The summed E-state index contributed by atoms with van der Waals surface area (Å²) in [5, 5.41) is 0. The molecule has 2 aromatic carbocycles. The van der Waals surface area contributed by atoms with Gasteiger partial charge in [0, 0.05) is 12.7 Å². The Bertz CT molecular complexity index is 750. The number of anilines is 1. The van der Waals surface area contributed by atoms with Crippen molar-refractivity contribution in [3.63, 3.8) is 0 Å². The molecule has 106 valence electrons. The second-order valence-electron chi connectivity index (χ2n) is 6.23. The van der Waals surface area contributed by atoms with E-state index in [1.807, 2.05) is 30.5 Å². The number of ether oxygens (including phenoxy) is 1. The molecule has 2 heterocycles. The summed E-state index contributed by atoms with van der Waals surface area (Å²) in [6.07, 6.45) is 1.95. The van der Waals surface area contributed by atoms with Gasteiger partial charge in [0.15, 0.2) is 0 Å². The summed E-state index contributed by atoms with van der Waals surface area (Å²) >= 11 is 0. The number of likely N-dealkylation sites (N-methyl/N-ethyl adjacent to an activating group) is 1. The largest absolute Gasteiger partial charge is 0.459 e. The minimum atomic E-state index is -0.578. The van der Waals surface area contributed by atoms with E-state index in [0.717, 1.165) is 11.4 Å². The van der Waals surface area contributed by atoms with E-state index in [1.54, 1.807) is 0 Å². The Labute approximate surface area is 124 Å². The predicted molar refractivity (Wildman–Crippen MR) is 85.8 cm³/mol. The Kier molecular flexibility index (Phi) is 2.30. The van der Waals surface area contributed by atoms with Gasteiger partial charge >= 0.3 is 0 Å². The Morgan fingerprint density at radius 2 is 1.71 bits per heavy atom. The number of aliphatic imine (C=N–C) groups is 1. The molecule has 0 aromatic heterocycles. The number of hydrogen-bond acceptors (Lipinski definition) is 3. The van der Waals surface area contributed by atoms with Crippen molar-refractivity contribution in [3.8, 4) is 5.75 Å². The molecule has 0 radical (unpaired) electrons. The number of nitrogens with zero attached hydrogens (tertiary/aromatic N) is 2. The number of fused-ring (bicyclic) bond motifs is 2. The highest BCUT2D eigenvalue weighted by Gasteiger charge is 2.58. The van der Waals surface area contributed by atoms with Crippen molar-refractivity contribution >= 4 is 17.6 Å². The van der Waals surface area contributed by atoms with Gasteiger partial charge in [0.05, 0.1) is 11.6 Å². The normalized spacial score (nSPS) is 24.6. The summed E-state index contributed by atoms with van der Waals surface area (Å²) < 4.78 is 6.47. The first-order chi connectivity index (χ1) is 10.1. The summed E-state index contributed by atoms with van der Waals surface area (Å²) in [6.45, 7) is 4.44. The fourth-order valence-electron chi connectivity index (χ4n) is 3.53. The van der Waals surface area contributed by atoms with Crippen LogP contribution in [0.2, 0.25) is 0 Å². The van der Waals surface area contributed by atoms with E-state index in [2.05, 4.69) is 55.1 Å². The Balaban J connectivity index is 1.92. The minimum absolute atomic E-state index is 0.185. The van der Waals surface area contributed by atoms with Crippen LogP contribution in [-0.4, -0.2) is 19.0 Å². The zero-order chi connectivity index (χ0) is 14.7. The Morgan fingerprint density at radius 3 is 2.52 bits per heavy atom. The third-order valence-corrected chi connectivity index (χ3v) is 4.84. The third-order valence-electron chi connectivity index (χ3n) is 4.84. The molecule has 0 N–H and O–H groups in total. The second kappa shape index (κ2) is 3.88. The summed E-state index contributed by atoms with van der Waals surface area (Å²) in [4.78, 5) is 6.86. The van der Waals surface area contributed by atoms with Crippen molar-refractivity contribution in [2.75, 3.05) is 11.9 Å². The lowest BCUT2D eigenvalue weighted by atomic mass is 9.77. The van der Waals surface area contributed by atoms with E-state index in [-0.39, 0.29) is 5.41 Å². The van der Waals surface area contributed by atoms with E-state index in [9.17, 15) is 0 Å². The van der Waals surface area contributed by atoms with Gasteiger partial charge < -0.3 is 9.64 Å². The molecule has 0 fully saturated rings. The molecular weight excluding hydrogens is 260 g/mol. The van der Waals surface area contributed by atoms with Crippen molar-refractivity contribution < 1.29 is 4.74 Å². The van der Waals surface area contributed by atoms with Crippen LogP contribution in [0.3, 0.4) is 0 Å². The standard InChI is InChI=1S/C18H18N2O/c1-17(2)13-8-4-6-10-15(13)20(3)18(17)12-19-14-9-5-7-11-16(14)21-18/h4-12H,1-3H3/t18-/m1/s1. The summed E-state index contributed by atoms with van der Waals surface area (Å²) in [6, 6.07) is 16.4. The van der Waals surface area contributed by atoms with Gasteiger partial charge in [-0.2, -0.15) is 0 Å². The number of rotatable bonds is 0. The molecule has 4 rings (SSSR count). The molecule has 2 aromatic rings. The first-order valence-corrected chi connectivity index (χ1v) is 7.23. The molecule has 1 atom stereocenters. The van der Waals surface area contributed by atoms with Crippen LogP contribution in [0.1, 0.15) is 19.4 Å². The molecule has 1 spiro atoms. The van der Waals surface area contributed by atoms with Crippen LogP contribution in [0.4, 0.5) is 11.4 Å². The van der Waals surface area contributed by atoms with Gasteiger partial charge in [-0.15, -0.1) is 0 Å². The van der Waals surface area contributed by atoms with Gasteiger partial charge in [0.1, 0.15) is 11.4 Å². The highest BCUT2D eigenvalue weighted by atomic mass is 16.5. The summed E-state index contributed by atoms with van der Waals surface area (Å²) in [7, 11) is 2.08. The highest BCUT2D eigenvalue weighted by Crippen LogP contribution is 2.53. The average molecular weight is 278 g/mol. The van der Waals surface area contributed by atoms with E-state index in [4.69, 9.17) is 4.74 Å². The van der Waals surface area contributed by atoms with E-state index in [1.165, 1.54) is 11.3 Å². The molecule has 0 bridgehead atoms. The predicted octanol–water partition coefficient (Wildman–Crippen LogP) is 3.91. The van der Waals surface area contributed by atoms with Crippen LogP contribution in [0.15, 0.2) is 53.5 Å². The third kappa shape index (κ3) is 1.41. The molecule has 0 aliphatic carbocycles. The molecule has 3 heteroatoms. The summed E-state index contributed by atoms with van der Waals surface area (Å²) in [5.74, 6) is 0.840. The molecule has 2 aliphatic rings. The molecule has 2 aliphatic heterocycles. The maximum Gasteiger partial charge on any atom is 0.228 e. The molecule has 0 saturated carbocycles. The second-order valence-corrected chi connectivity index (χ2v) is 6.23. The summed E-state index contributed by atoms with van der Waals surface area (Å²) in [5.41, 5.74) is 2.62. The quantitative estimate of drug-likeness (QED) is 0.730. The van der Waals surface area contributed by atoms with Crippen LogP contribution in [-0.2, 0) is 5.41 Å². The maximum atomic E-state index is 6.47. The van der Waals surface area contributed by atoms with Gasteiger partial charge in [0.25, 0.3) is 0 Å². The highest BCUT2D eigenvalue weighted by molar-refractivity contribution is 5.87. The van der Waals surface area contributed by atoms with Crippen LogP contribution in [0.5, 0.6) is 5.75 Å². The monoisotopic (exact) mass is 278 g/mol. The fourth-order valence-corrected chi connectivity index (χ4v) is 3.53. The number of benzene rings is 2. The van der Waals surface area contributed by atoms with Gasteiger partial charge in [0.2, 0.25) is 5.72 Å². The van der Waals surface area contributed by atoms with Gasteiger partial charge in [-0.1, -0.05) is 30.3 Å². The van der Waals surface area contributed by atoms with Gasteiger partial charge in [-0.25, -0.2) is 0 Å². The molecule has 21 heavy (non-hydrogen) atoms. The molecule has 0 amide bonds. The van der Waals surface area contributed by atoms with Crippen molar-refractivity contribution in [2.45, 2.75) is 25.0 Å². The lowest BCUT2D eigenvalue weighted by molar-refractivity contribution is 0.0824. The van der Waals surface area contributed by atoms with Crippen LogP contribution in [0, 0.1) is 0 Å². The Morgan fingerprint density at radius 1 is 1.00 bits per heavy atom. The van der Waals surface area contributed by atoms with Crippen molar-refractivity contribution in [1.82, 2.24) is 0 Å². The number of hydrogen-bond donors (Lipinski definition) is 0. The number of para-hydroxylation sites is 3. The fraction of sp³-hybridized carbons (Fsp3) is 0.278. The first kappa shape index (κ1) is 12.5. The van der Waals surface area contributed by atoms with Crippen molar-refractivity contribution in [2.24, 2.45) is 4.99 Å². The zero-order valence-corrected chi connectivity index (χ0v) is 12.5. The SMILES string of the molecule is CN1c2ccccc2C(C)(C)[C@]12C=Nc1ccccc1O2. The van der Waals surface area contributed by atoms with E-state index >= 15 is 0 Å². The molecular formula is C18H18N2O. The van der Waals surface area contributed by atoms with Crippen molar-refractivity contribution in [1.29, 1.82) is 0 Å². The lowest BCUT2D eigenvalue weighted by Gasteiger charge is -2.44. The molecule has 0 unspecified atom stereocenters. The minimum Gasteiger partial charge on any atom is -0.459 e. The lowest BCUT2D eigenvalue weighted by Crippen LogP contribution is -2.60. The van der Waals surface area contributed by atoms with Crippen LogP contribution in [0.25, 0.3) is 0 Å². The van der Waals surface area contributed by atoms with Crippen LogP contribution >= 0.6 is 0 Å². The van der Waals surface area contributed by atoms with Gasteiger partial charge in [-0.3, -0.25) is 4.99 Å². The maximum absolute atomic E-state index is 6.47. The van der Waals surface area contributed by atoms with Crippen LogP contribution < -0.4 is 9.64 Å².